The summed E-state index contributed by atoms with van der Waals surface area (Å²) < 4.78 is 0. The van der Waals surface area contributed by atoms with Crippen LogP contribution in [0.3, 0.4) is 0 Å². The van der Waals surface area contributed by atoms with Gasteiger partial charge in [0.2, 0.25) is 5.91 Å². The van der Waals surface area contributed by atoms with E-state index in [-0.39, 0.29) is 11.7 Å². The van der Waals surface area contributed by atoms with Crippen molar-refractivity contribution in [3.63, 3.8) is 0 Å². The first kappa shape index (κ1) is 25.3. The number of anilines is 2. The van der Waals surface area contributed by atoms with Crippen molar-refractivity contribution in [3.05, 3.63) is 70.8 Å². The van der Waals surface area contributed by atoms with Crippen molar-refractivity contribution in [3.8, 4) is 0 Å². The lowest BCUT2D eigenvalue weighted by atomic mass is 9.94. The molecule has 2 aromatic rings. The number of ketones is 1. The Morgan fingerprint density at radius 2 is 1.09 bits per heavy atom. The Morgan fingerprint density at radius 3 is 1.38 bits per heavy atom. The highest BCUT2D eigenvalue weighted by molar-refractivity contribution is 6.15. The molecule has 0 radical (unpaired) electrons. The van der Waals surface area contributed by atoms with Gasteiger partial charge in [-0.1, -0.05) is 24.3 Å². The molecule has 3 rings (SSSR count). The van der Waals surface area contributed by atoms with Gasteiger partial charge in [0.15, 0.2) is 5.78 Å². The van der Waals surface area contributed by atoms with Gasteiger partial charge in [0, 0.05) is 68.7 Å². The second-order valence-corrected chi connectivity index (χ2v) is 8.57. The van der Waals surface area contributed by atoms with Crippen LogP contribution in [0.15, 0.2) is 59.7 Å². The molecule has 1 amide bonds. The van der Waals surface area contributed by atoms with Gasteiger partial charge in [0.25, 0.3) is 0 Å². The molecular weight excluding hydrogens is 422 g/mol. The van der Waals surface area contributed by atoms with Crippen LogP contribution < -0.4 is 9.80 Å². The summed E-state index contributed by atoms with van der Waals surface area (Å²) in [5, 5.41) is 0. The largest absolute Gasteiger partial charge is 0.372 e. The van der Waals surface area contributed by atoms with Crippen LogP contribution in [0.5, 0.6) is 0 Å². The highest BCUT2D eigenvalue weighted by Gasteiger charge is 2.27. The molecule has 0 N–H and O–H groups in total. The van der Waals surface area contributed by atoms with Gasteiger partial charge >= 0.3 is 0 Å². The number of likely N-dealkylation sites (tertiary alicyclic amines) is 1. The minimum absolute atomic E-state index is 0.0122. The molecule has 0 bridgehead atoms. The average Bonchev–Trinajstić information content (AvgIpc) is 2.85. The number of rotatable bonds is 8. The van der Waals surface area contributed by atoms with Gasteiger partial charge in [-0.15, -0.1) is 0 Å². The molecule has 34 heavy (non-hydrogen) atoms. The number of carbonyl (C=O) groups is 2. The Morgan fingerprint density at radius 1 is 0.735 bits per heavy atom. The molecule has 0 atom stereocenters. The summed E-state index contributed by atoms with van der Waals surface area (Å²) in [6.45, 7) is 14.6. The lowest BCUT2D eigenvalue weighted by Gasteiger charge is -2.29. The zero-order valence-electron chi connectivity index (χ0n) is 21.2. The molecule has 0 saturated carbocycles. The standard InChI is InChI=1S/C29H37N3O2/c1-6-30(7-2)27-14-10-23(11-15-27)18-25-20-32(22(5)33)21-26(29(25)34)19-24-12-16-28(17-13-24)31(8-3)9-4/h10-19H,6-9,20-21H2,1-5H3. The molecule has 0 unspecified atom stereocenters. The van der Waals surface area contributed by atoms with Crippen molar-refractivity contribution in [2.45, 2.75) is 34.6 Å². The van der Waals surface area contributed by atoms with E-state index in [1.165, 1.54) is 11.4 Å². The van der Waals surface area contributed by atoms with Crippen LogP contribution in [0.1, 0.15) is 45.7 Å². The minimum Gasteiger partial charge on any atom is -0.372 e. The topological polar surface area (TPSA) is 43.9 Å². The third kappa shape index (κ3) is 5.96. The molecule has 0 aromatic heterocycles. The Bertz CT molecular complexity index is 966. The molecule has 180 valence electrons. The molecule has 1 heterocycles. The van der Waals surface area contributed by atoms with E-state index in [1.807, 2.05) is 36.4 Å². The maximum Gasteiger partial charge on any atom is 0.220 e. The van der Waals surface area contributed by atoms with E-state index in [9.17, 15) is 9.59 Å². The smallest absolute Gasteiger partial charge is 0.220 e. The molecule has 2 aromatic carbocycles. The van der Waals surface area contributed by atoms with Crippen molar-refractivity contribution in [2.24, 2.45) is 0 Å². The van der Waals surface area contributed by atoms with Crippen molar-refractivity contribution in [1.82, 2.24) is 4.90 Å². The summed E-state index contributed by atoms with van der Waals surface area (Å²) in [5.74, 6) is -0.0174. The van der Waals surface area contributed by atoms with Gasteiger partial charge in [0.05, 0.1) is 0 Å². The molecule has 0 spiro atoms. The molecule has 1 fully saturated rings. The van der Waals surface area contributed by atoms with Crippen LogP contribution in [0.2, 0.25) is 0 Å². The summed E-state index contributed by atoms with van der Waals surface area (Å²) in [6, 6.07) is 16.5. The van der Waals surface area contributed by atoms with E-state index in [0.29, 0.717) is 24.2 Å². The number of carbonyl (C=O) groups excluding carboxylic acids is 2. The van der Waals surface area contributed by atoms with E-state index in [0.717, 1.165) is 37.3 Å². The minimum atomic E-state index is -0.0296. The van der Waals surface area contributed by atoms with Gasteiger partial charge in [-0.25, -0.2) is 0 Å². The Hall–Kier alpha value is -3.34. The lowest BCUT2D eigenvalue weighted by Crippen LogP contribution is -2.40. The summed E-state index contributed by atoms with van der Waals surface area (Å²) in [4.78, 5) is 31.9. The van der Waals surface area contributed by atoms with Gasteiger partial charge in [0.1, 0.15) is 0 Å². The average molecular weight is 460 g/mol. The third-order valence-corrected chi connectivity index (χ3v) is 6.48. The molecule has 1 saturated heterocycles. The zero-order valence-corrected chi connectivity index (χ0v) is 21.2. The van der Waals surface area contributed by atoms with Crippen LogP contribution in [0.25, 0.3) is 12.2 Å². The fourth-order valence-corrected chi connectivity index (χ4v) is 4.40. The predicted molar refractivity (Wildman–Crippen MR) is 143 cm³/mol. The van der Waals surface area contributed by atoms with Crippen molar-refractivity contribution < 1.29 is 9.59 Å². The summed E-state index contributed by atoms with van der Waals surface area (Å²) in [5.41, 5.74) is 5.55. The summed E-state index contributed by atoms with van der Waals surface area (Å²) in [7, 11) is 0. The van der Waals surface area contributed by atoms with Crippen LogP contribution in [-0.2, 0) is 9.59 Å². The van der Waals surface area contributed by atoms with E-state index in [4.69, 9.17) is 0 Å². The van der Waals surface area contributed by atoms with Gasteiger partial charge in [-0.2, -0.15) is 0 Å². The lowest BCUT2D eigenvalue weighted by molar-refractivity contribution is -0.129. The number of piperidine rings is 1. The number of hydrogen-bond acceptors (Lipinski definition) is 4. The first-order valence-electron chi connectivity index (χ1n) is 12.3. The molecule has 5 heteroatoms. The molecule has 5 nitrogen and oxygen atoms in total. The quantitative estimate of drug-likeness (QED) is 0.504. The summed E-state index contributed by atoms with van der Waals surface area (Å²) >= 11 is 0. The van der Waals surface area contributed by atoms with Crippen LogP contribution >= 0.6 is 0 Å². The number of amides is 1. The van der Waals surface area contributed by atoms with Gasteiger partial charge in [-0.3, -0.25) is 9.59 Å². The second-order valence-electron chi connectivity index (χ2n) is 8.57. The number of hydrogen-bond donors (Lipinski definition) is 0. The molecule has 1 aliphatic heterocycles. The Labute approximate surface area is 204 Å². The maximum atomic E-state index is 13.3. The Balaban J connectivity index is 1.88. The molecule has 1 aliphatic rings. The maximum absolute atomic E-state index is 13.3. The first-order chi connectivity index (χ1) is 16.4. The third-order valence-electron chi connectivity index (χ3n) is 6.48. The number of nitrogens with zero attached hydrogens (tertiary/aromatic N) is 3. The van der Waals surface area contributed by atoms with Crippen LogP contribution in [0.4, 0.5) is 11.4 Å². The van der Waals surface area contributed by atoms with Crippen molar-refractivity contribution in [2.75, 3.05) is 49.1 Å². The van der Waals surface area contributed by atoms with Crippen LogP contribution in [0, 0.1) is 0 Å². The zero-order chi connectivity index (χ0) is 24.7. The summed E-state index contributed by atoms with van der Waals surface area (Å²) in [6.07, 6.45) is 3.83. The first-order valence-corrected chi connectivity index (χ1v) is 12.3. The van der Waals surface area contributed by atoms with Crippen molar-refractivity contribution >= 4 is 35.2 Å². The van der Waals surface area contributed by atoms with E-state index >= 15 is 0 Å². The van der Waals surface area contributed by atoms with Gasteiger partial charge in [-0.05, 0) is 75.2 Å². The fourth-order valence-electron chi connectivity index (χ4n) is 4.40. The molecule has 0 aliphatic carbocycles. The predicted octanol–water partition coefficient (Wildman–Crippen LogP) is 5.28. The highest BCUT2D eigenvalue weighted by Crippen LogP contribution is 2.24. The van der Waals surface area contributed by atoms with Crippen molar-refractivity contribution in [1.29, 1.82) is 0 Å². The second kappa shape index (κ2) is 11.7. The highest BCUT2D eigenvalue weighted by atomic mass is 16.2. The monoisotopic (exact) mass is 459 g/mol. The number of benzene rings is 2. The van der Waals surface area contributed by atoms with E-state index in [1.54, 1.807) is 11.8 Å². The van der Waals surface area contributed by atoms with Gasteiger partial charge < -0.3 is 14.7 Å². The van der Waals surface area contributed by atoms with Crippen LogP contribution in [-0.4, -0.2) is 55.9 Å². The fraction of sp³-hybridized carbons (Fsp3) is 0.379. The number of Topliss-reactive ketones (excluding diaryl/α,β-unsaturated/α-hetero) is 1. The normalized spacial score (nSPS) is 16.3. The van der Waals surface area contributed by atoms with E-state index < -0.39 is 0 Å². The SMILES string of the molecule is CCN(CC)c1ccc(C=C2CN(C(C)=O)CC(=Cc3ccc(N(CC)CC)cc3)C2=O)cc1. The molecular formula is C29H37N3O2. The van der Waals surface area contributed by atoms with E-state index in [2.05, 4.69) is 61.8 Å². The Kier molecular flexibility index (Phi) is 8.69.